The first-order chi connectivity index (χ1) is 8.93. The Morgan fingerprint density at radius 1 is 1.00 bits per heavy atom. The molecule has 116 valence electrons. The van der Waals surface area contributed by atoms with Crippen molar-refractivity contribution in [2.45, 2.75) is 59.9 Å². The molecule has 0 N–H and O–H groups in total. The summed E-state index contributed by atoms with van der Waals surface area (Å²) in [5, 5.41) is 0. The van der Waals surface area contributed by atoms with Crippen LogP contribution in [0, 0.1) is 0 Å². The topological polar surface area (TPSA) is 44.8 Å². The lowest BCUT2D eigenvalue weighted by Gasteiger charge is -2.34. The molecule has 0 aliphatic carbocycles. The maximum absolute atomic E-state index is 12.7. The van der Waals surface area contributed by atoms with Crippen LogP contribution in [0.1, 0.15) is 48.0 Å². The molecule has 0 heterocycles. The number of hydrogen-bond donors (Lipinski definition) is 0. The fourth-order valence-electron chi connectivity index (χ4n) is 2.15. The Labute approximate surface area is 119 Å². The summed E-state index contributed by atoms with van der Waals surface area (Å²) >= 11 is 0. The van der Waals surface area contributed by atoms with Gasteiger partial charge in [0.15, 0.2) is 0 Å². The van der Waals surface area contributed by atoms with E-state index in [2.05, 4.69) is 6.92 Å². The summed E-state index contributed by atoms with van der Waals surface area (Å²) in [5.41, 5.74) is 0. The highest BCUT2D eigenvalue weighted by molar-refractivity contribution is 7.64. The maximum Gasteiger partial charge on any atom is 0.501 e. The highest BCUT2D eigenvalue weighted by atomic mass is 31.2. The van der Waals surface area contributed by atoms with Crippen molar-refractivity contribution >= 4 is 15.9 Å². The van der Waals surface area contributed by atoms with Crippen LogP contribution in [-0.4, -0.2) is 40.2 Å². The average molecular weight is 310 g/mol. The summed E-state index contributed by atoms with van der Waals surface area (Å²) in [6.45, 7) is 13.0. The molecule has 0 rings (SSSR count). The second kappa shape index (κ2) is 9.30. The number of hydrogen-bond acceptors (Lipinski definition) is 4. The van der Waals surface area contributed by atoms with Crippen LogP contribution in [-0.2, 0) is 17.8 Å². The third kappa shape index (κ3) is 5.68. The SMILES string of the molecule is CCC[Si](OCC)(OCC)OC(C)P(=O)(CC)CC. The van der Waals surface area contributed by atoms with E-state index >= 15 is 0 Å². The first-order valence-electron chi connectivity index (χ1n) is 7.47. The smallest absolute Gasteiger partial charge is 0.374 e. The molecule has 19 heavy (non-hydrogen) atoms. The van der Waals surface area contributed by atoms with Gasteiger partial charge in [0.1, 0.15) is 7.14 Å². The molecule has 1 unspecified atom stereocenters. The van der Waals surface area contributed by atoms with E-state index in [1.807, 2.05) is 34.6 Å². The normalized spacial score (nSPS) is 14.6. The first-order valence-corrected chi connectivity index (χ1v) is 11.5. The fourth-order valence-corrected chi connectivity index (χ4v) is 7.52. The molecule has 0 aromatic carbocycles. The third-order valence-corrected chi connectivity index (χ3v) is 10.4. The van der Waals surface area contributed by atoms with Crippen LogP contribution < -0.4 is 0 Å². The molecule has 6 heteroatoms. The maximum atomic E-state index is 12.7. The predicted molar refractivity (Wildman–Crippen MR) is 83.3 cm³/mol. The van der Waals surface area contributed by atoms with E-state index in [-0.39, 0.29) is 5.85 Å². The largest absolute Gasteiger partial charge is 0.501 e. The van der Waals surface area contributed by atoms with Gasteiger partial charge in [-0.2, -0.15) is 0 Å². The molecule has 0 amide bonds. The second-order valence-electron chi connectivity index (χ2n) is 4.60. The Balaban J connectivity index is 5.01. The summed E-state index contributed by atoms with van der Waals surface area (Å²) in [7, 11) is -4.96. The van der Waals surface area contributed by atoms with E-state index in [0.717, 1.165) is 12.5 Å². The van der Waals surface area contributed by atoms with Gasteiger partial charge in [0.05, 0.1) is 5.85 Å². The quantitative estimate of drug-likeness (QED) is 0.424. The van der Waals surface area contributed by atoms with Crippen molar-refractivity contribution in [1.82, 2.24) is 0 Å². The van der Waals surface area contributed by atoms with Gasteiger partial charge in [-0.3, -0.25) is 0 Å². The van der Waals surface area contributed by atoms with Crippen LogP contribution in [0.3, 0.4) is 0 Å². The van der Waals surface area contributed by atoms with E-state index in [1.54, 1.807) is 0 Å². The summed E-state index contributed by atoms with van der Waals surface area (Å²) in [6, 6.07) is 0.784. The van der Waals surface area contributed by atoms with Crippen molar-refractivity contribution in [2.75, 3.05) is 25.5 Å². The first kappa shape index (κ1) is 19.3. The molecule has 0 saturated carbocycles. The summed E-state index contributed by atoms with van der Waals surface area (Å²) in [5.74, 6) is -0.279. The molecule has 0 aromatic rings. The number of rotatable bonds is 11. The van der Waals surface area contributed by atoms with Crippen molar-refractivity contribution in [1.29, 1.82) is 0 Å². The Bertz CT molecular complexity index is 261. The van der Waals surface area contributed by atoms with Gasteiger partial charge in [0, 0.05) is 31.6 Å². The standard InChI is InChI=1S/C13H31O4PSi/c1-7-12-19(15-8-2,16-9-3)17-13(6)18(14,10-4)11-5/h13H,7-12H2,1-6H3. The zero-order valence-electron chi connectivity index (χ0n) is 13.4. The van der Waals surface area contributed by atoms with E-state index in [9.17, 15) is 4.57 Å². The van der Waals surface area contributed by atoms with Gasteiger partial charge in [-0.1, -0.05) is 27.2 Å². The minimum Gasteiger partial charge on any atom is -0.374 e. The third-order valence-electron chi connectivity index (χ3n) is 3.37. The Kier molecular flexibility index (Phi) is 9.46. The molecule has 0 saturated heterocycles. The summed E-state index contributed by atoms with van der Waals surface area (Å²) in [4.78, 5) is 0. The minimum atomic E-state index is -2.67. The van der Waals surface area contributed by atoms with Crippen molar-refractivity contribution < 1.29 is 17.8 Å². The Morgan fingerprint density at radius 3 is 1.79 bits per heavy atom. The molecule has 0 spiro atoms. The molecule has 0 aliphatic rings. The van der Waals surface area contributed by atoms with Gasteiger partial charge in [0.2, 0.25) is 0 Å². The molecule has 0 fully saturated rings. The van der Waals surface area contributed by atoms with E-state index < -0.39 is 15.9 Å². The van der Waals surface area contributed by atoms with E-state index in [1.165, 1.54) is 0 Å². The van der Waals surface area contributed by atoms with Gasteiger partial charge >= 0.3 is 8.80 Å². The highest BCUT2D eigenvalue weighted by Crippen LogP contribution is 2.51. The van der Waals surface area contributed by atoms with Gasteiger partial charge < -0.3 is 17.8 Å². The van der Waals surface area contributed by atoms with Gasteiger partial charge in [0.25, 0.3) is 0 Å². The lowest BCUT2D eigenvalue weighted by atomic mass is 10.6. The van der Waals surface area contributed by atoms with Crippen molar-refractivity contribution in [2.24, 2.45) is 0 Å². The fraction of sp³-hybridized carbons (Fsp3) is 1.00. The molecule has 0 bridgehead atoms. The lowest BCUT2D eigenvalue weighted by Crippen LogP contribution is -2.48. The minimum absolute atomic E-state index is 0.279. The highest BCUT2D eigenvalue weighted by Gasteiger charge is 2.44. The van der Waals surface area contributed by atoms with Crippen molar-refractivity contribution in [3.05, 3.63) is 0 Å². The second-order valence-corrected chi connectivity index (χ2v) is 11.2. The van der Waals surface area contributed by atoms with Crippen molar-refractivity contribution in [3.63, 3.8) is 0 Å². The van der Waals surface area contributed by atoms with Crippen LogP contribution in [0.15, 0.2) is 0 Å². The average Bonchev–Trinajstić information content (AvgIpc) is 2.38. The van der Waals surface area contributed by atoms with Gasteiger partial charge in [-0.15, -0.1) is 0 Å². The molecule has 0 radical (unpaired) electrons. The molecular weight excluding hydrogens is 279 g/mol. The molecule has 4 nitrogen and oxygen atoms in total. The van der Waals surface area contributed by atoms with Crippen LogP contribution in [0.5, 0.6) is 0 Å². The molecule has 1 atom stereocenters. The Hall–Kier alpha value is 0.327. The van der Waals surface area contributed by atoms with Crippen LogP contribution in [0.2, 0.25) is 6.04 Å². The van der Waals surface area contributed by atoms with Crippen LogP contribution in [0.25, 0.3) is 0 Å². The van der Waals surface area contributed by atoms with Crippen LogP contribution in [0.4, 0.5) is 0 Å². The van der Waals surface area contributed by atoms with Crippen molar-refractivity contribution in [3.8, 4) is 0 Å². The van der Waals surface area contributed by atoms with Crippen LogP contribution >= 0.6 is 7.14 Å². The zero-order valence-corrected chi connectivity index (χ0v) is 15.3. The Morgan fingerprint density at radius 2 is 1.47 bits per heavy atom. The predicted octanol–water partition coefficient (Wildman–Crippen LogP) is 4.17. The van der Waals surface area contributed by atoms with Gasteiger partial charge in [-0.05, 0) is 20.8 Å². The molecular formula is C13H31O4PSi. The molecule has 0 aliphatic heterocycles. The lowest BCUT2D eigenvalue weighted by molar-refractivity contribution is 0.0594. The zero-order chi connectivity index (χ0) is 14.9. The van der Waals surface area contributed by atoms with E-state index in [0.29, 0.717) is 25.5 Å². The van der Waals surface area contributed by atoms with E-state index in [4.69, 9.17) is 13.3 Å². The monoisotopic (exact) mass is 310 g/mol. The summed E-state index contributed by atoms with van der Waals surface area (Å²) < 4.78 is 30.5. The summed E-state index contributed by atoms with van der Waals surface area (Å²) in [6.07, 6.45) is 2.28. The molecule has 0 aromatic heterocycles. The van der Waals surface area contributed by atoms with Gasteiger partial charge in [-0.25, -0.2) is 0 Å².